The van der Waals surface area contributed by atoms with Crippen molar-refractivity contribution in [3.8, 4) is 17.4 Å². The van der Waals surface area contributed by atoms with E-state index < -0.39 is 5.91 Å². The van der Waals surface area contributed by atoms with Crippen LogP contribution in [0.15, 0.2) is 36.5 Å². The molecule has 1 atom stereocenters. The topological polar surface area (TPSA) is 77.7 Å². The number of aromatic nitrogens is 1. The van der Waals surface area contributed by atoms with Gasteiger partial charge in [0, 0.05) is 24.8 Å². The SMILES string of the molecule is CCCC(C)N(C)Cc1ccc(Oc2ccc(C(N)=O)cn2)c(OCC)c1. The van der Waals surface area contributed by atoms with Gasteiger partial charge in [0.2, 0.25) is 11.8 Å². The molecule has 2 N–H and O–H groups in total. The molecular weight excluding hydrogens is 342 g/mol. The van der Waals surface area contributed by atoms with Gasteiger partial charge in [0.15, 0.2) is 11.5 Å². The fourth-order valence-corrected chi connectivity index (χ4v) is 2.78. The van der Waals surface area contributed by atoms with Crippen LogP contribution in [0, 0.1) is 0 Å². The minimum absolute atomic E-state index is 0.340. The maximum atomic E-state index is 11.1. The molecule has 1 unspecified atom stereocenters. The van der Waals surface area contributed by atoms with Crippen LogP contribution >= 0.6 is 0 Å². The van der Waals surface area contributed by atoms with Crippen molar-refractivity contribution < 1.29 is 14.3 Å². The number of amides is 1. The number of nitrogens with zero attached hydrogens (tertiary/aromatic N) is 2. The van der Waals surface area contributed by atoms with E-state index in [1.807, 2.05) is 25.1 Å². The van der Waals surface area contributed by atoms with Gasteiger partial charge in [-0.1, -0.05) is 19.4 Å². The number of hydrogen-bond acceptors (Lipinski definition) is 5. The molecular formula is C21H29N3O3. The molecule has 0 aliphatic heterocycles. The lowest BCUT2D eigenvalue weighted by Gasteiger charge is -2.24. The summed E-state index contributed by atoms with van der Waals surface area (Å²) in [5.41, 5.74) is 6.73. The van der Waals surface area contributed by atoms with Crippen LogP contribution < -0.4 is 15.2 Å². The molecule has 2 aromatic rings. The van der Waals surface area contributed by atoms with Crippen LogP contribution in [0.2, 0.25) is 0 Å². The van der Waals surface area contributed by atoms with Crippen LogP contribution in [-0.2, 0) is 6.54 Å². The Morgan fingerprint density at radius 3 is 2.59 bits per heavy atom. The van der Waals surface area contributed by atoms with Crippen molar-refractivity contribution in [1.29, 1.82) is 0 Å². The van der Waals surface area contributed by atoms with E-state index in [0.29, 0.717) is 35.6 Å². The lowest BCUT2D eigenvalue weighted by atomic mass is 10.1. The normalized spacial score (nSPS) is 12.0. The Morgan fingerprint density at radius 2 is 2.00 bits per heavy atom. The van der Waals surface area contributed by atoms with Crippen molar-refractivity contribution in [1.82, 2.24) is 9.88 Å². The summed E-state index contributed by atoms with van der Waals surface area (Å²) in [6.07, 6.45) is 3.74. The zero-order valence-electron chi connectivity index (χ0n) is 16.6. The average molecular weight is 371 g/mol. The Bertz CT molecular complexity index is 747. The lowest BCUT2D eigenvalue weighted by Crippen LogP contribution is -2.28. The van der Waals surface area contributed by atoms with Gasteiger partial charge >= 0.3 is 0 Å². The van der Waals surface area contributed by atoms with Gasteiger partial charge in [0.25, 0.3) is 0 Å². The molecule has 1 amide bonds. The standard InChI is InChI=1S/C21H29N3O3/c1-5-7-15(3)24(4)14-16-8-10-18(19(12-16)26-6-2)27-20-11-9-17(13-23-20)21(22)25/h8-13,15H,5-7,14H2,1-4H3,(H2,22,25). The number of ether oxygens (including phenoxy) is 2. The van der Waals surface area contributed by atoms with Gasteiger partial charge < -0.3 is 15.2 Å². The van der Waals surface area contributed by atoms with Crippen LogP contribution in [0.4, 0.5) is 0 Å². The Morgan fingerprint density at radius 1 is 1.22 bits per heavy atom. The molecule has 0 saturated heterocycles. The third kappa shape index (κ3) is 5.96. The molecule has 6 nitrogen and oxygen atoms in total. The van der Waals surface area contributed by atoms with Gasteiger partial charge in [-0.15, -0.1) is 0 Å². The predicted octanol–water partition coefficient (Wildman–Crippen LogP) is 3.99. The second kappa shape index (κ2) is 9.92. The summed E-state index contributed by atoms with van der Waals surface area (Å²) in [7, 11) is 2.13. The highest BCUT2D eigenvalue weighted by molar-refractivity contribution is 5.92. The van der Waals surface area contributed by atoms with Crippen molar-refractivity contribution in [2.75, 3.05) is 13.7 Å². The van der Waals surface area contributed by atoms with Crippen molar-refractivity contribution >= 4 is 5.91 Å². The van der Waals surface area contributed by atoms with Gasteiger partial charge in [0.1, 0.15) is 0 Å². The Hall–Kier alpha value is -2.60. The van der Waals surface area contributed by atoms with Crippen LogP contribution in [-0.4, -0.2) is 35.5 Å². The highest BCUT2D eigenvalue weighted by atomic mass is 16.5. The van der Waals surface area contributed by atoms with E-state index in [0.717, 1.165) is 12.1 Å². The van der Waals surface area contributed by atoms with Gasteiger partial charge in [0.05, 0.1) is 12.2 Å². The minimum Gasteiger partial charge on any atom is -0.490 e. The van der Waals surface area contributed by atoms with E-state index >= 15 is 0 Å². The fraction of sp³-hybridized carbons (Fsp3) is 0.429. The van der Waals surface area contributed by atoms with Gasteiger partial charge in [-0.25, -0.2) is 4.98 Å². The maximum Gasteiger partial charge on any atom is 0.250 e. The van der Waals surface area contributed by atoms with Gasteiger partial charge in [-0.2, -0.15) is 0 Å². The lowest BCUT2D eigenvalue weighted by molar-refractivity contribution is 0.1000. The van der Waals surface area contributed by atoms with Crippen molar-refractivity contribution in [2.24, 2.45) is 5.73 Å². The van der Waals surface area contributed by atoms with E-state index in [1.165, 1.54) is 19.0 Å². The number of nitrogens with two attached hydrogens (primary N) is 1. The second-order valence-electron chi connectivity index (χ2n) is 6.62. The Balaban J connectivity index is 2.15. The molecule has 0 radical (unpaired) electrons. The fourth-order valence-electron chi connectivity index (χ4n) is 2.78. The van der Waals surface area contributed by atoms with Gasteiger partial charge in [-0.3, -0.25) is 9.69 Å². The van der Waals surface area contributed by atoms with E-state index in [1.54, 1.807) is 12.1 Å². The molecule has 1 aromatic heterocycles. The smallest absolute Gasteiger partial charge is 0.250 e. The highest BCUT2D eigenvalue weighted by Gasteiger charge is 2.13. The first-order valence-corrected chi connectivity index (χ1v) is 9.34. The van der Waals surface area contributed by atoms with Gasteiger partial charge in [-0.05, 0) is 51.1 Å². The Labute approximate surface area is 161 Å². The summed E-state index contributed by atoms with van der Waals surface area (Å²) < 4.78 is 11.6. The number of primary amides is 1. The maximum absolute atomic E-state index is 11.1. The van der Waals surface area contributed by atoms with E-state index in [-0.39, 0.29) is 0 Å². The molecule has 0 spiro atoms. The number of rotatable bonds is 10. The van der Waals surface area contributed by atoms with Crippen molar-refractivity contribution in [3.63, 3.8) is 0 Å². The number of carbonyl (C=O) groups excluding carboxylic acids is 1. The van der Waals surface area contributed by atoms with Crippen LogP contribution in [0.3, 0.4) is 0 Å². The van der Waals surface area contributed by atoms with Crippen LogP contribution in [0.5, 0.6) is 17.4 Å². The van der Waals surface area contributed by atoms with Crippen LogP contribution in [0.25, 0.3) is 0 Å². The quantitative estimate of drug-likeness (QED) is 0.683. The summed E-state index contributed by atoms with van der Waals surface area (Å²) >= 11 is 0. The molecule has 0 saturated carbocycles. The number of pyridine rings is 1. The zero-order valence-corrected chi connectivity index (χ0v) is 16.6. The first-order chi connectivity index (χ1) is 12.9. The summed E-state index contributed by atoms with van der Waals surface area (Å²) in [4.78, 5) is 17.6. The molecule has 146 valence electrons. The number of carbonyl (C=O) groups is 1. The molecule has 0 aliphatic carbocycles. The molecule has 6 heteroatoms. The number of hydrogen-bond donors (Lipinski definition) is 1. The molecule has 0 bridgehead atoms. The van der Waals surface area contributed by atoms with E-state index in [2.05, 4.69) is 30.8 Å². The third-order valence-electron chi connectivity index (χ3n) is 4.43. The summed E-state index contributed by atoms with van der Waals surface area (Å²) in [6, 6.07) is 9.65. The largest absolute Gasteiger partial charge is 0.490 e. The van der Waals surface area contributed by atoms with E-state index in [4.69, 9.17) is 15.2 Å². The predicted molar refractivity (Wildman–Crippen MR) is 106 cm³/mol. The third-order valence-corrected chi connectivity index (χ3v) is 4.43. The average Bonchev–Trinajstić information content (AvgIpc) is 2.64. The van der Waals surface area contributed by atoms with Crippen molar-refractivity contribution in [3.05, 3.63) is 47.7 Å². The Kier molecular flexibility index (Phi) is 7.61. The van der Waals surface area contributed by atoms with E-state index in [9.17, 15) is 4.79 Å². The first-order valence-electron chi connectivity index (χ1n) is 9.34. The zero-order chi connectivity index (χ0) is 19.8. The van der Waals surface area contributed by atoms with Crippen LogP contribution in [0.1, 0.15) is 49.5 Å². The second-order valence-corrected chi connectivity index (χ2v) is 6.62. The minimum atomic E-state index is -0.519. The summed E-state index contributed by atoms with van der Waals surface area (Å²) in [6.45, 7) is 7.76. The molecule has 2 rings (SSSR count). The summed E-state index contributed by atoms with van der Waals surface area (Å²) in [5.74, 6) is 1.12. The molecule has 27 heavy (non-hydrogen) atoms. The molecule has 1 aromatic carbocycles. The first kappa shape index (κ1) is 20.7. The van der Waals surface area contributed by atoms with Crippen molar-refractivity contribution in [2.45, 2.75) is 46.2 Å². The summed E-state index contributed by atoms with van der Waals surface area (Å²) in [5, 5.41) is 0. The molecule has 0 fully saturated rings. The highest BCUT2D eigenvalue weighted by Crippen LogP contribution is 2.32. The molecule has 0 aliphatic rings. The monoisotopic (exact) mass is 371 g/mol. The molecule has 1 heterocycles. The number of benzene rings is 1.